The van der Waals surface area contributed by atoms with E-state index in [9.17, 15) is 4.79 Å². The minimum atomic E-state index is -1.04. The Hall–Kier alpha value is -1.36. The first kappa shape index (κ1) is 8.73. The number of aliphatic carboxylic acids is 1. The monoisotopic (exact) mass is 169 g/mol. The van der Waals surface area contributed by atoms with Crippen molar-refractivity contribution in [1.29, 1.82) is 0 Å². The number of rotatable bonds is 2. The number of aromatic nitrogens is 2. The van der Waals surface area contributed by atoms with E-state index < -0.39 is 12.0 Å². The van der Waals surface area contributed by atoms with Gasteiger partial charge >= 0.3 is 5.97 Å². The van der Waals surface area contributed by atoms with Crippen LogP contribution in [0.25, 0.3) is 0 Å². The molecule has 0 aliphatic rings. The summed E-state index contributed by atoms with van der Waals surface area (Å²) in [5, 5.41) is 12.6. The van der Waals surface area contributed by atoms with Gasteiger partial charge in [-0.25, -0.2) is 0 Å². The Morgan fingerprint density at radius 3 is 2.75 bits per heavy atom. The quantitative estimate of drug-likeness (QED) is 0.643. The van der Waals surface area contributed by atoms with Crippen LogP contribution in [-0.2, 0) is 11.8 Å². The second-order valence-electron chi connectivity index (χ2n) is 2.65. The lowest BCUT2D eigenvalue weighted by molar-refractivity contribution is -0.138. The van der Waals surface area contributed by atoms with Crippen LogP contribution in [0.2, 0.25) is 0 Å². The minimum Gasteiger partial charge on any atom is -0.480 e. The number of hydrogen-bond acceptors (Lipinski definition) is 3. The first-order chi connectivity index (χ1) is 5.52. The third kappa shape index (κ3) is 1.45. The molecule has 3 N–H and O–H groups in total. The van der Waals surface area contributed by atoms with E-state index in [-0.39, 0.29) is 0 Å². The van der Waals surface area contributed by atoms with Crippen molar-refractivity contribution in [2.45, 2.75) is 13.0 Å². The molecule has 0 amide bonds. The molecule has 1 heterocycles. The van der Waals surface area contributed by atoms with Gasteiger partial charge in [0, 0.05) is 7.05 Å². The smallest absolute Gasteiger partial charge is 0.326 e. The second kappa shape index (κ2) is 2.94. The maximum Gasteiger partial charge on any atom is 0.326 e. The number of nitrogens with zero attached hydrogens (tertiary/aromatic N) is 2. The van der Waals surface area contributed by atoms with Gasteiger partial charge in [0.15, 0.2) is 0 Å². The third-order valence-corrected chi connectivity index (χ3v) is 1.62. The maximum absolute atomic E-state index is 10.5. The standard InChI is InChI=1S/C7H11N3O2/c1-4-3-5(10(2)9-4)6(8)7(11)12/h3,6H,8H2,1-2H3,(H,11,12). The van der Waals surface area contributed by atoms with Crippen LogP contribution in [0.5, 0.6) is 0 Å². The van der Waals surface area contributed by atoms with E-state index in [2.05, 4.69) is 5.10 Å². The van der Waals surface area contributed by atoms with Gasteiger partial charge in [0.05, 0.1) is 11.4 Å². The Labute approximate surface area is 69.8 Å². The van der Waals surface area contributed by atoms with E-state index in [0.717, 1.165) is 5.69 Å². The summed E-state index contributed by atoms with van der Waals surface area (Å²) in [6, 6.07) is 0.676. The van der Waals surface area contributed by atoms with E-state index in [4.69, 9.17) is 10.8 Å². The molecule has 0 bridgehead atoms. The highest BCUT2D eigenvalue weighted by molar-refractivity contribution is 5.74. The summed E-state index contributed by atoms with van der Waals surface area (Å²) in [4.78, 5) is 10.5. The molecule has 1 atom stereocenters. The topological polar surface area (TPSA) is 81.1 Å². The van der Waals surface area contributed by atoms with Crippen molar-refractivity contribution < 1.29 is 9.90 Å². The van der Waals surface area contributed by atoms with Crippen LogP contribution in [0.15, 0.2) is 6.07 Å². The normalized spacial score (nSPS) is 12.9. The van der Waals surface area contributed by atoms with Gasteiger partial charge in [-0.2, -0.15) is 5.10 Å². The van der Waals surface area contributed by atoms with Crippen molar-refractivity contribution in [1.82, 2.24) is 9.78 Å². The third-order valence-electron chi connectivity index (χ3n) is 1.62. The van der Waals surface area contributed by atoms with Gasteiger partial charge in [-0.15, -0.1) is 0 Å². The average Bonchev–Trinajstić information content (AvgIpc) is 2.28. The predicted molar refractivity (Wildman–Crippen MR) is 42.5 cm³/mol. The predicted octanol–water partition coefficient (Wildman–Crippen LogP) is -0.187. The van der Waals surface area contributed by atoms with Gasteiger partial charge < -0.3 is 10.8 Å². The van der Waals surface area contributed by atoms with Gasteiger partial charge in [0.2, 0.25) is 0 Å². The van der Waals surface area contributed by atoms with Crippen molar-refractivity contribution in [2.24, 2.45) is 12.8 Å². The van der Waals surface area contributed by atoms with E-state index in [0.29, 0.717) is 5.69 Å². The summed E-state index contributed by atoms with van der Waals surface area (Å²) in [6.07, 6.45) is 0. The SMILES string of the molecule is Cc1cc(C(N)C(=O)O)n(C)n1. The maximum atomic E-state index is 10.5. The molecular weight excluding hydrogens is 158 g/mol. The molecule has 0 spiro atoms. The Morgan fingerprint density at radius 2 is 2.42 bits per heavy atom. The minimum absolute atomic E-state index is 0.514. The molecule has 1 unspecified atom stereocenters. The van der Waals surface area contributed by atoms with Gasteiger partial charge in [-0.05, 0) is 13.0 Å². The molecule has 0 aliphatic heterocycles. The summed E-state index contributed by atoms with van der Waals surface area (Å²) in [5.41, 5.74) is 6.67. The lowest BCUT2D eigenvalue weighted by Crippen LogP contribution is -2.23. The van der Waals surface area contributed by atoms with Crippen molar-refractivity contribution in [2.75, 3.05) is 0 Å². The Kier molecular flexibility index (Phi) is 2.14. The van der Waals surface area contributed by atoms with Gasteiger partial charge in [-0.3, -0.25) is 9.48 Å². The fraction of sp³-hybridized carbons (Fsp3) is 0.429. The molecule has 0 saturated heterocycles. The molecule has 1 rings (SSSR count). The molecule has 5 nitrogen and oxygen atoms in total. The van der Waals surface area contributed by atoms with E-state index >= 15 is 0 Å². The van der Waals surface area contributed by atoms with Crippen molar-refractivity contribution >= 4 is 5.97 Å². The van der Waals surface area contributed by atoms with Crippen LogP contribution in [0, 0.1) is 6.92 Å². The zero-order chi connectivity index (χ0) is 9.30. The van der Waals surface area contributed by atoms with Crippen molar-refractivity contribution in [3.63, 3.8) is 0 Å². The molecule has 0 radical (unpaired) electrons. The first-order valence-corrected chi connectivity index (χ1v) is 3.51. The summed E-state index contributed by atoms with van der Waals surface area (Å²) in [6.45, 7) is 1.79. The van der Waals surface area contributed by atoms with Crippen LogP contribution in [0.1, 0.15) is 17.4 Å². The zero-order valence-electron chi connectivity index (χ0n) is 6.98. The van der Waals surface area contributed by atoms with Crippen LogP contribution < -0.4 is 5.73 Å². The first-order valence-electron chi connectivity index (χ1n) is 3.51. The van der Waals surface area contributed by atoms with Gasteiger partial charge in [0.25, 0.3) is 0 Å². The second-order valence-corrected chi connectivity index (χ2v) is 2.65. The number of carboxylic acids is 1. The van der Waals surface area contributed by atoms with Crippen molar-refractivity contribution in [3.05, 3.63) is 17.5 Å². The molecule has 0 saturated carbocycles. The van der Waals surface area contributed by atoms with E-state index in [1.165, 1.54) is 4.68 Å². The zero-order valence-corrected chi connectivity index (χ0v) is 6.98. The van der Waals surface area contributed by atoms with Crippen LogP contribution in [0.4, 0.5) is 0 Å². The van der Waals surface area contributed by atoms with E-state index in [1.807, 2.05) is 0 Å². The molecule has 12 heavy (non-hydrogen) atoms. The molecule has 1 aromatic rings. The van der Waals surface area contributed by atoms with E-state index in [1.54, 1.807) is 20.0 Å². The van der Waals surface area contributed by atoms with Crippen molar-refractivity contribution in [3.8, 4) is 0 Å². The van der Waals surface area contributed by atoms with Crippen LogP contribution >= 0.6 is 0 Å². The highest BCUT2D eigenvalue weighted by atomic mass is 16.4. The largest absolute Gasteiger partial charge is 0.480 e. The Morgan fingerprint density at radius 1 is 1.83 bits per heavy atom. The summed E-state index contributed by atoms with van der Waals surface area (Å²) >= 11 is 0. The molecule has 0 aliphatic carbocycles. The Bertz CT molecular complexity index is 306. The fourth-order valence-corrected chi connectivity index (χ4v) is 1.05. The number of hydrogen-bond donors (Lipinski definition) is 2. The van der Waals surface area contributed by atoms with Crippen LogP contribution in [-0.4, -0.2) is 20.9 Å². The molecule has 0 aromatic carbocycles. The summed E-state index contributed by atoms with van der Waals surface area (Å²) in [5.74, 6) is -1.04. The molecule has 5 heteroatoms. The highest BCUT2D eigenvalue weighted by Gasteiger charge is 2.18. The molecule has 0 fully saturated rings. The molecule has 1 aromatic heterocycles. The van der Waals surface area contributed by atoms with Crippen LogP contribution in [0.3, 0.4) is 0 Å². The number of aryl methyl sites for hydroxylation is 2. The lowest BCUT2D eigenvalue weighted by atomic mass is 10.2. The number of nitrogens with two attached hydrogens (primary N) is 1. The average molecular weight is 169 g/mol. The van der Waals surface area contributed by atoms with Gasteiger partial charge in [-0.1, -0.05) is 0 Å². The number of carbonyl (C=O) groups is 1. The lowest BCUT2D eigenvalue weighted by Gasteiger charge is -2.05. The molecular formula is C7H11N3O2. The highest BCUT2D eigenvalue weighted by Crippen LogP contribution is 2.10. The number of carboxylic acid groups (broad SMARTS) is 1. The molecule has 66 valence electrons. The Balaban J connectivity index is 3.02. The fourth-order valence-electron chi connectivity index (χ4n) is 1.05. The summed E-state index contributed by atoms with van der Waals surface area (Å²) < 4.78 is 1.48. The van der Waals surface area contributed by atoms with Gasteiger partial charge in [0.1, 0.15) is 6.04 Å². The summed E-state index contributed by atoms with van der Waals surface area (Å²) in [7, 11) is 1.67.